The highest BCUT2D eigenvalue weighted by Crippen LogP contribution is 2.26. The van der Waals surface area contributed by atoms with Gasteiger partial charge in [-0.25, -0.2) is 0 Å². The van der Waals surface area contributed by atoms with Gasteiger partial charge >= 0.3 is 0 Å². The Labute approximate surface area is 168 Å². The summed E-state index contributed by atoms with van der Waals surface area (Å²) < 4.78 is 10.4. The van der Waals surface area contributed by atoms with Crippen molar-refractivity contribution in [3.63, 3.8) is 0 Å². The van der Waals surface area contributed by atoms with Gasteiger partial charge in [0.05, 0.1) is 24.4 Å². The molecule has 0 aliphatic heterocycles. The Kier molecular flexibility index (Phi) is 6.49. The number of ether oxygens (including phenoxy) is 1. The zero-order valence-electron chi connectivity index (χ0n) is 15.7. The Bertz CT molecular complexity index is 941. The molecule has 7 nitrogen and oxygen atoms in total. The highest BCUT2D eigenvalue weighted by Gasteiger charge is 2.10. The van der Waals surface area contributed by atoms with E-state index in [1.807, 2.05) is 31.2 Å². The summed E-state index contributed by atoms with van der Waals surface area (Å²) in [5, 5.41) is 10.5. The van der Waals surface area contributed by atoms with Gasteiger partial charge in [-0.2, -0.15) is 4.98 Å². The van der Waals surface area contributed by atoms with E-state index in [-0.39, 0.29) is 5.91 Å². The minimum atomic E-state index is -0.0307. The molecule has 0 radical (unpaired) electrons. The lowest BCUT2D eigenvalue weighted by Crippen LogP contribution is -2.11. The largest absolute Gasteiger partial charge is 0.497 e. The summed E-state index contributed by atoms with van der Waals surface area (Å²) in [5.41, 5.74) is 2.17. The van der Waals surface area contributed by atoms with Gasteiger partial charge in [-0.3, -0.25) is 4.79 Å². The molecule has 0 spiro atoms. The van der Waals surface area contributed by atoms with E-state index in [4.69, 9.17) is 20.9 Å². The molecular formula is C20H21ClN4O3. The van der Waals surface area contributed by atoms with Crippen molar-refractivity contribution in [1.29, 1.82) is 0 Å². The molecular weight excluding hydrogens is 380 g/mol. The number of nitrogens with one attached hydrogen (secondary N) is 2. The molecule has 3 rings (SSSR count). The highest BCUT2D eigenvalue weighted by molar-refractivity contribution is 6.33. The topological polar surface area (TPSA) is 89.3 Å². The molecule has 0 atom stereocenters. The third-order valence-electron chi connectivity index (χ3n) is 3.97. The lowest BCUT2D eigenvalue weighted by atomic mass is 10.2. The minimum absolute atomic E-state index is 0.0307. The monoisotopic (exact) mass is 400 g/mol. The van der Waals surface area contributed by atoms with Crippen LogP contribution in [0.25, 0.3) is 11.4 Å². The fraction of sp³-hybridized carbons (Fsp3) is 0.250. The minimum Gasteiger partial charge on any atom is -0.497 e. The Morgan fingerprint density at radius 2 is 2.00 bits per heavy atom. The van der Waals surface area contributed by atoms with Gasteiger partial charge in [-0.15, -0.1) is 0 Å². The van der Waals surface area contributed by atoms with Crippen LogP contribution in [0.4, 0.5) is 11.4 Å². The van der Waals surface area contributed by atoms with Gasteiger partial charge in [-0.05, 0) is 48.9 Å². The van der Waals surface area contributed by atoms with Gasteiger partial charge in [0.15, 0.2) is 0 Å². The number of carbonyl (C=O) groups excluding carboxylic acids is 1. The number of carbonyl (C=O) groups is 1. The Morgan fingerprint density at radius 3 is 2.71 bits per heavy atom. The zero-order valence-corrected chi connectivity index (χ0v) is 16.4. The molecule has 0 bridgehead atoms. The van der Waals surface area contributed by atoms with E-state index in [1.165, 1.54) is 0 Å². The number of anilines is 2. The standard InChI is InChI=1S/C20H21ClN4O3/c1-3-4-18(26)23-14-7-10-16(21)17(11-14)22-12-19-24-20(25-28-19)13-5-8-15(27-2)9-6-13/h5-11,22H,3-4,12H2,1-2H3,(H,23,26). The Balaban J connectivity index is 1.65. The average Bonchev–Trinajstić information content (AvgIpc) is 3.17. The van der Waals surface area contributed by atoms with Crippen LogP contribution in [0.1, 0.15) is 25.7 Å². The molecule has 3 aromatic rings. The van der Waals surface area contributed by atoms with E-state index >= 15 is 0 Å². The van der Waals surface area contributed by atoms with Crippen LogP contribution in [0.2, 0.25) is 5.02 Å². The molecule has 0 fully saturated rings. The summed E-state index contributed by atoms with van der Waals surface area (Å²) in [6.45, 7) is 2.26. The summed E-state index contributed by atoms with van der Waals surface area (Å²) in [6.07, 6.45) is 1.26. The van der Waals surface area contributed by atoms with Crippen molar-refractivity contribution in [1.82, 2.24) is 10.1 Å². The van der Waals surface area contributed by atoms with Crippen molar-refractivity contribution in [2.75, 3.05) is 17.7 Å². The van der Waals surface area contributed by atoms with E-state index in [0.717, 1.165) is 17.7 Å². The Hall–Kier alpha value is -3.06. The van der Waals surface area contributed by atoms with Crippen molar-refractivity contribution in [2.24, 2.45) is 0 Å². The van der Waals surface area contributed by atoms with Crippen LogP contribution in [-0.2, 0) is 11.3 Å². The first-order valence-electron chi connectivity index (χ1n) is 8.89. The second kappa shape index (κ2) is 9.23. The molecule has 1 heterocycles. The number of hydrogen-bond acceptors (Lipinski definition) is 6. The van der Waals surface area contributed by atoms with Crippen LogP contribution < -0.4 is 15.4 Å². The fourth-order valence-corrected chi connectivity index (χ4v) is 2.73. The van der Waals surface area contributed by atoms with E-state index < -0.39 is 0 Å². The molecule has 0 saturated carbocycles. The number of methoxy groups -OCH3 is 1. The van der Waals surface area contributed by atoms with Crippen LogP contribution in [-0.4, -0.2) is 23.2 Å². The summed E-state index contributed by atoms with van der Waals surface area (Å²) in [5.74, 6) is 1.64. The van der Waals surface area contributed by atoms with E-state index in [9.17, 15) is 4.79 Å². The van der Waals surface area contributed by atoms with Gasteiger partial charge in [0.2, 0.25) is 17.6 Å². The number of rotatable bonds is 8. The molecule has 8 heteroatoms. The predicted octanol–water partition coefficient (Wildman–Crippen LogP) is 4.75. The summed E-state index contributed by atoms with van der Waals surface area (Å²) in [6, 6.07) is 12.7. The van der Waals surface area contributed by atoms with Gasteiger partial charge in [0.25, 0.3) is 0 Å². The lowest BCUT2D eigenvalue weighted by molar-refractivity contribution is -0.116. The molecule has 2 aromatic carbocycles. The zero-order chi connectivity index (χ0) is 19.9. The van der Waals surface area contributed by atoms with Crippen LogP contribution in [0, 0.1) is 0 Å². The smallest absolute Gasteiger partial charge is 0.246 e. The first-order chi connectivity index (χ1) is 13.6. The van der Waals surface area contributed by atoms with Crippen molar-refractivity contribution < 1.29 is 14.1 Å². The molecule has 146 valence electrons. The van der Waals surface area contributed by atoms with Crippen molar-refractivity contribution in [3.8, 4) is 17.1 Å². The molecule has 1 amide bonds. The SMILES string of the molecule is CCCC(=O)Nc1ccc(Cl)c(NCc2nc(-c3ccc(OC)cc3)no2)c1. The first-order valence-corrected chi connectivity index (χ1v) is 9.27. The number of benzene rings is 2. The normalized spacial score (nSPS) is 10.5. The number of nitrogens with zero attached hydrogens (tertiary/aromatic N) is 2. The van der Waals surface area contributed by atoms with Gasteiger partial charge in [0.1, 0.15) is 5.75 Å². The fourth-order valence-electron chi connectivity index (χ4n) is 2.54. The second-order valence-electron chi connectivity index (χ2n) is 6.09. The summed E-state index contributed by atoms with van der Waals surface area (Å²) in [7, 11) is 1.61. The molecule has 0 aliphatic rings. The van der Waals surface area contributed by atoms with Crippen molar-refractivity contribution in [3.05, 3.63) is 53.4 Å². The number of amides is 1. The van der Waals surface area contributed by atoms with Crippen LogP contribution in [0.3, 0.4) is 0 Å². The molecule has 0 unspecified atom stereocenters. The second-order valence-corrected chi connectivity index (χ2v) is 6.49. The van der Waals surface area contributed by atoms with Crippen molar-refractivity contribution >= 4 is 28.9 Å². The van der Waals surface area contributed by atoms with E-state index in [1.54, 1.807) is 25.3 Å². The summed E-state index contributed by atoms with van der Waals surface area (Å²) >= 11 is 6.24. The third-order valence-corrected chi connectivity index (χ3v) is 4.30. The number of aromatic nitrogens is 2. The van der Waals surface area contributed by atoms with E-state index in [2.05, 4.69) is 20.8 Å². The predicted molar refractivity (Wildman–Crippen MR) is 109 cm³/mol. The average molecular weight is 401 g/mol. The third kappa shape index (κ3) is 5.01. The number of halogens is 1. The van der Waals surface area contributed by atoms with Gasteiger partial charge in [0, 0.05) is 17.7 Å². The van der Waals surface area contributed by atoms with Crippen LogP contribution >= 0.6 is 11.6 Å². The van der Waals surface area contributed by atoms with Gasteiger partial charge < -0.3 is 19.9 Å². The molecule has 1 aromatic heterocycles. The molecule has 28 heavy (non-hydrogen) atoms. The lowest BCUT2D eigenvalue weighted by Gasteiger charge is -2.10. The maximum atomic E-state index is 11.8. The number of hydrogen-bond donors (Lipinski definition) is 2. The van der Waals surface area contributed by atoms with Crippen LogP contribution in [0.5, 0.6) is 5.75 Å². The quantitative estimate of drug-likeness (QED) is 0.567. The van der Waals surface area contributed by atoms with E-state index in [0.29, 0.717) is 41.1 Å². The maximum Gasteiger partial charge on any atom is 0.246 e. The summed E-state index contributed by atoms with van der Waals surface area (Å²) in [4.78, 5) is 16.1. The van der Waals surface area contributed by atoms with Crippen LogP contribution in [0.15, 0.2) is 47.0 Å². The maximum absolute atomic E-state index is 11.8. The highest BCUT2D eigenvalue weighted by atomic mass is 35.5. The molecule has 0 saturated heterocycles. The Morgan fingerprint density at radius 1 is 1.21 bits per heavy atom. The molecule has 0 aliphatic carbocycles. The van der Waals surface area contributed by atoms with Crippen molar-refractivity contribution in [2.45, 2.75) is 26.3 Å². The van der Waals surface area contributed by atoms with Gasteiger partial charge in [-0.1, -0.05) is 23.7 Å². The molecule has 2 N–H and O–H groups in total. The first kappa shape index (κ1) is 19.7.